The Bertz CT molecular complexity index is 366. The fourth-order valence-corrected chi connectivity index (χ4v) is 2.28. The third kappa shape index (κ3) is 3.30. The van der Waals surface area contributed by atoms with Crippen molar-refractivity contribution in [1.82, 2.24) is 10.2 Å². The first kappa shape index (κ1) is 12.1. The van der Waals surface area contributed by atoms with E-state index in [1.54, 1.807) is 7.05 Å². The van der Waals surface area contributed by atoms with Gasteiger partial charge in [-0.15, -0.1) is 0 Å². The van der Waals surface area contributed by atoms with Crippen molar-refractivity contribution < 1.29 is 4.79 Å². The van der Waals surface area contributed by atoms with Gasteiger partial charge in [0.1, 0.15) is 0 Å². The van der Waals surface area contributed by atoms with Crippen LogP contribution < -0.4 is 5.32 Å². The Morgan fingerprint density at radius 3 is 2.41 bits per heavy atom. The van der Waals surface area contributed by atoms with Crippen molar-refractivity contribution in [2.45, 2.75) is 25.8 Å². The standard InChI is InChI=1S/C14H20N2O/c1-15-14(17)13-7-5-12(6-8-13)11-16-9-3-2-4-10-16/h5-8H,2-4,9-11H2,1H3,(H,15,17). The number of carbonyl (C=O) groups is 1. The lowest BCUT2D eigenvalue weighted by Crippen LogP contribution is -2.29. The van der Waals surface area contributed by atoms with Gasteiger partial charge in [-0.1, -0.05) is 18.6 Å². The molecule has 1 aromatic carbocycles. The van der Waals surface area contributed by atoms with Gasteiger partial charge < -0.3 is 5.32 Å². The highest BCUT2D eigenvalue weighted by molar-refractivity contribution is 5.93. The molecule has 0 unspecified atom stereocenters. The van der Waals surface area contributed by atoms with Crippen molar-refractivity contribution in [2.24, 2.45) is 0 Å². The van der Waals surface area contributed by atoms with Crippen molar-refractivity contribution in [1.29, 1.82) is 0 Å². The molecule has 0 aromatic heterocycles. The van der Waals surface area contributed by atoms with E-state index in [2.05, 4.69) is 22.3 Å². The number of nitrogens with zero attached hydrogens (tertiary/aromatic N) is 1. The zero-order valence-electron chi connectivity index (χ0n) is 10.4. The lowest BCUT2D eigenvalue weighted by molar-refractivity contribution is 0.0963. The van der Waals surface area contributed by atoms with Crippen molar-refractivity contribution in [3.8, 4) is 0 Å². The van der Waals surface area contributed by atoms with Gasteiger partial charge in [0, 0.05) is 19.2 Å². The molecule has 2 rings (SSSR count). The first-order valence-electron chi connectivity index (χ1n) is 6.33. The summed E-state index contributed by atoms with van der Waals surface area (Å²) in [5.74, 6) is -0.0190. The third-order valence-electron chi connectivity index (χ3n) is 3.30. The van der Waals surface area contributed by atoms with E-state index in [1.807, 2.05) is 12.1 Å². The molecule has 92 valence electrons. The minimum Gasteiger partial charge on any atom is -0.355 e. The Labute approximate surface area is 103 Å². The van der Waals surface area contributed by atoms with Gasteiger partial charge in [-0.05, 0) is 43.6 Å². The fraction of sp³-hybridized carbons (Fsp3) is 0.500. The molecule has 1 saturated heterocycles. The summed E-state index contributed by atoms with van der Waals surface area (Å²) in [6, 6.07) is 7.91. The molecule has 3 nitrogen and oxygen atoms in total. The SMILES string of the molecule is CNC(=O)c1ccc(CN2CCCCC2)cc1. The third-order valence-corrected chi connectivity index (χ3v) is 3.30. The largest absolute Gasteiger partial charge is 0.355 e. The van der Waals surface area contributed by atoms with E-state index in [0.29, 0.717) is 0 Å². The second kappa shape index (κ2) is 5.82. The van der Waals surface area contributed by atoms with Gasteiger partial charge in [-0.25, -0.2) is 0 Å². The van der Waals surface area contributed by atoms with Crippen LogP contribution in [-0.2, 0) is 6.54 Å². The molecule has 1 aromatic rings. The van der Waals surface area contributed by atoms with E-state index in [0.717, 1.165) is 12.1 Å². The fourth-order valence-electron chi connectivity index (χ4n) is 2.28. The number of amides is 1. The maximum Gasteiger partial charge on any atom is 0.251 e. The van der Waals surface area contributed by atoms with Crippen molar-refractivity contribution in [2.75, 3.05) is 20.1 Å². The average Bonchev–Trinajstić information content (AvgIpc) is 2.40. The number of likely N-dealkylation sites (tertiary alicyclic amines) is 1. The van der Waals surface area contributed by atoms with E-state index >= 15 is 0 Å². The first-order chi connectivity index (χ1) is 8.29. The number of rotatable bonds is 3. The number of benzene rings is 1. The molecular formula is C14H20N2O. The van der Waals surface area contributed by atoms with Gasteiger partial charge in [0.15, 0.2) is 0 Å². The quantitative estimate of drug-likeness (QED) is 0.865. The number of hydrogen-bond donors (Lipinski definition) is 1. The molecule has 0 aliphatic carbocycles. The van der Waals surface area contributed by atoms with E-state index in [1.165, 1.54) is 37.9 Å². The molecule has 0 spiro atoms. The Morgan fingerprint density at radius 2 is 1.82 bits per heavy atom. The van der Waals surface area contributed by atoms with Crippen molar-refractivity contribution >= 4 is 5.91 Å². The summed E-state index contributed by atoms with van der Waals surface area (Å²) in [5.41, 5.74) is 2.02. The predicted molar refractivity (Wildman–Crippen MR) is 69.0 cm³/mol. The molecule has 0 saturated carbocycles. The Hall–Kier alpha value is -1.35. The van der Waals surface area contributed by atoms with Crippen LogP contribution in [0.15, 0.2) is 24.3 Å². The van der Waals surface area contributed by atoms with Crippen LogP contribution in [0.3, 0.4) is 0 Å². The molecule has 1 aliphatic rings. The molecule has 1 heterocycles. The highest BCUT2D eigenvalue weighted by Crippen LogP contribution is 2.13. The summed E-state index contributed by atoms with van der Waals surface area (Å²) >= 11 is 0. The van der Waals surface area contributed by atoms with Crippen molar-refractivity contribution in [3.63, 3.8) is 0 Å². The Balaban J connectivity index is 1.95. The van der Waals surface area contributed by atoms with Gasteiger partial charge in [0.05, 0.1) is 0 Å². The number of carbonyl (C=O) groups excluding carboxylic acids is 1. The summed E-state index contributed by atoms with van der Waals surface area (Å²) in [5, 5.41) is 2.63. The zero-order valence-corrected chi connectivity index (χ0v) is 10.4. The highest BCUT2D eigenvalue weighted by atomic mass is 16.1. The summed E-state index contributed by atoms with van der Waals surface area (Å²) < 4.78 is 0. The zero-order chi connectivity index (χ0) is 12.1. The highest BCUT2D eigenvalue weighted by Gasteiger charge is 2.10. The minimum absolute atomic E-state index is 0.0190. The second-order valence-corrected chi connectivity index (χ2v) is 4.61. The van der Waals surface area contributed by atoms with Crippen LogP contribution >= 0.6 is 0 Å². The number of nitrogens with one attached hydrogen (secondary N) is 1. The molecule has 1 N–H and O–H groups in total. The molecule has 1 aliphatic heterocycles. The maximum absolute atomic E-state index is 11.4. The average molecular weight is 232 g/mol. The van der Waals surface area contributed by atoms with Crippen LogP contribution in [0.2, 0.25) is 0 Å². The topological polar surface area (TPSA) is 32.3 Å². The van der Waals surface area contributed by atoms with Gasteiger partial charge in [-0.2, -0.15) is 0 Å². The second-order valence-electron chi connectivity index (χ2n) is 4.61. The Kier molecular flexibility index (Phi) is 4.15. The molecular weight excluding hydrogens is 212 g/mol. The predicted octanol–water partition coefficient (Wildman–Crippen LogP) is 2.03. The summed E-state index contributed by atoms with van der Waals surface area (Å²) in [4.78, 5) is 13.9. The lowest BCUT2D eigenvalue weighted by Gasteiger charge is -2.26. The molecule has 1 fully saturated rings. The van der Waals surface area contributed by atoms with Crippen LogP contribution in [0.1, 0.15) is 35.2 Å². The minimum atomic E-state index is -0.0190. The van der Waals surface area contributed by atoms with Gasteiger partial charge in [0.25, 0.3) is 5.91 Å². The monoisotopic (exact) mass is 232 g/mol. The van der Waals surface area contributed by atoms with Crippen LogP contribution in [0.25, 0.3) is 0 Å². The van der Waals surface area contributed by atoms with Gasteiger partial charge in [0.2, 0.25) is 0 Å². The van der Waals surface area contributed by atoms with Gasteiger partial charge >= 0.3 is 0 Å². The van der Waals surface area contributed by atoms with E-state index < -0.39 is 0 Å². The summed E-state index contributed by atoms with van der Waals surface area (Å²) in [6.07, 6.45) is 4.00. The Morgan fingerprint density at radius 1 is 1.18 bits per heavy atom. The lowest BCUT2D eigenvalue weighted by atomic mass is 10.1. The molecule has 0 radical (unpaired) electrons. The van der Waals surface area contributed by atoms with Gasteiger partial charge in [-0.3, -0.25) is 9.69 Å². The summed E-state index contributed by atoms with van der Waals surface area (Å²) in [6.45, 7) is 3.42. The van der Waals surface area contributed by atoms with Crippen molar-refractivity contribution in [3.05, 3.63) is 35.4 Å². The number of piperidine rings is 1. The molecule has 1 amide bonds. The van der Waals surface area contributed by atoms with Crippen LogP contribution in [-0.4, -0.2) is 30.9 Å². The normalized spacial score (nSPS) is 16.8. The molecule has 17 heavy (non-hydrogen) atoms. The summed E-state index contributed by atoms with van der Waals surface area (Å²) in [7, 11) is 1.66. The number of hydrogen-bond acceptors (Lipinski definition) is 2. The van der Waals surface area contributed by atoms with Crippen LogP contribution in [0.4, 0.5) is 0 Å². The van der Waals surface area contributed by atoms with E-state index in [-0.39, 0.29) is 5.91 Å². The molecule has 0 bridgehead atoms. The smallest absolute Gasteiger partial charge is 0.251 e. The van der Waals surface area contributed by atoms with E-state index in [9.17, 15) is 4.79 Å². The molecule has 0 atom stereocenters. The van der Waals surface area contributed by atoms with Crippen LogP contribution in [0.5, 0.6) is 0 Å². The van der Waals surface area contributed by atoms with E-state index in [4.69, 9.17) is 0 Å². The first-order valence-corrected chi connectivity index (χ1v) is 6.33. The van der Waals surface area contributed by atoms with Crippen LogP contribution in [0, 0.1) is 0 Å². The molecule has 3 heteroatoms. The maximum atomic E-state index is 11.4.